The number of amides is 1. The molecule has 0 aromatic heterocycles. The van der Waals surface area contributed by atoms with Gasteiger partial charge in [0.05, 0.1) is 0 Å². The number of halogens is 1. The van der Waals surface area contributed by atoms with Crippen LogP contribution in [-0.4, -0.2) is 5.91 Å². The lowest BCUT2D eigenvalue weighted by Crippen LogP contribution is -2.19. The van der Waals surface area contributed by atoms with E-state index in [4.69, 9.17) is 11.6 Å². The Bertz CT molecular complexity index is 794. The first kappa shape index (κ1) is 17.6. The van der Waals surface area contributed by atoms with Crippen molar-refractivity contribution in [2.45, 2.75) is 19.9 Å². The molecule has 0 fully saturated rings. The highest BCUT2D eigenvalue weighted by molar-refractivity contribution is 6.31. The van der Waals surface area contributed by atoms with Gasteiger partial charge in [-0.3, -0.25) is 4.79 Å². The Morgan fingerprint density at radius 3 is 2.62 bits per heavy atom. The van der Waals surface area contributed by atoms with Crippen molar-refractivity contribution in [2.75, 3.05) is 5.32 Å². The molecule has 1 atom stereocenters. The molecule has 24 heavy (non-hydrogen) atoms. The monoisotopic (exact) mass is 339 g/mol. The summed E-state index contributed by atoms with van der Waals surface area (Å²) < 4.78 is 0. The zero-order valence-electron chi connectivity index (χ0n) is 13.5. The molecule has 0 bridgehead atoms. The zero-order valence-corrected chi connectivity index (χ0v) is 14.3. The van der Waals surface area contributed by atoms with Gasteiger partial charge in [0.1, 0.15) is 11.6 Å². The molecule has 0 radical (unpaired) electrons. The SMILES string of the molecule is Cc1ccc(Cl)cc1NC(=O)/C(C#N)=C\NC(C)c1ccccc1. The topological polar surface area (TPSA) is 64.9 Å². The highest BCUT2D eigenvalue weighted by atomic mass is 35.5. The van der Waals surface area contributed by atoms with Crippen LogP contribution in [0.25, 0.3) is 0 Å². The van der Waals surface area contributed by atoms with Crippen molar-refractivity contribution in [2.24, 2.45) is 0 Å². The fourth-order valence-corrected chi connectivity index (χ4v) is 2.29. The van der Waals surface area contributed by atoms with E-state index in [1.807, 2.05) is 56.3 Å². The number of rotatable bonds is 5. The molecule has 2 aromatic rings. The van der Waals surface area contributed by atoms with Crippen LogP contribution in [0, 0.1) is 18.3 Å². The summed E-state index contributed by atoms with van der Waals surface area (Å²) in [5.41, 5.74) is 2.52. The lowest BCUT2D eigenvalue weighted by molar-refractivity contribution is -0.112. The Morgan fingerprint density at radius 2 is 1.96 bits per heavy atom. The van der Waals surface area contributed by atoms with Gasteiger partial charge in [0.25, 0.3) is 5.91 Å². The van der Waals surface area contributed by atoms with E-state index in [-0.39, 0.29) is 11.6 Å². The Labute approximate surface area is 146 Å². The fraction of sp³-hybridized carbons (Fsp3) is 0.158. The average molecular weight is 340 g/mol. The number of hydrogen-bond acceptors (Lipinski definition) is 3. The smallest absolute Gasteiger partial charge is 0.267 e. The van der Waals surface area contributed by atoms with Gasteiger partial charge in [-0.25, -0.2) is 0 Å². The number of carbonyl (C=O) groups excluding carboxylic acids is 1. The van der Waals surface area contributed by atoms with Gasteiger partial charge >= 0.3 is 0 Å². The van der Waals surface area contributed by atoms with Crippen LogP contribution in [0.5, 0.6) is 0 Å². The third-order valence-corrected chi connectivity index (χ3v) is 3.83. The first-order valence-electron chi connectivity index (χ1n) is 7.50. The van der Waals surface area contributed by atoms with Crippen molar-refractivity contribution in [3.05, 3.63) is 76.5 Å². The number of carbonyl (C=O) groups is 1. The van der Waals surface area contributed by atoms with Crippen molar-refractivity contribution in [1.29, 1.82) is 5.26 Å². The minimum absolute atomic E-state index is 0.00263. The maximum Gasteiger partial charge on any atom is 0.267 e. The van der Waals surface area contributed by atoms with Gasteiger partial charge in [-0.15, -0.1) is 0 Å². The zero-order chi connectivity index (χ0) is 17.5. The van der Waals surface area contributed by atoms with Crippen LogP contribution in [0.15, 0.2) is 60.3 Å². The molecule has 0 spiro atoms. The third-order valence-electron chi connectivity index (χ3n) is 3.59. The van der Waals surface area contributed by atoms with Gasteiger partial charge in [-0.2, -0.15) is 5.26 Å². The van der Waals surface area contributed by atoms with Crippen LogP contribution in [0.2, 0.25) is 5.02 Å². The van der Waals surface area contributed by atoms with E-state index >= 15 is 0 Å². The molecule has 0 aliphatic heterocycles. The molecule has 0 saturated heterocycles. The summed E-state index contributed by atoms with van der Waals surface area (Å²) in [6.45, 7) is 3.82. The number of benzene rings is 2. The average Bonchev–Trinajstić information content (AvgIpc) is 2.59. The van der Waals surface area contributed by atoms with E-state index in [0.717, 1.165) is 11.1 Å². The van der Waals surface area contributed by atoms with Crippen LogP contribution < -0.4 is 10.6 Å². The van der Waals surface area contributed by atoms with Crippen LogP contribution in [0.3, 0.4) is 0 Å². The van der Waals surface area contributed by atoms with Crippen molar-refractivity contribution in [3.63, 3.8) is 0 Å². The Balaban J connectivity index is 2.08. The van der Waals surface area contributed by atoms with Crippen molar-refractivity contribution in [3.8, 4) is 6.07 Å². The predicted octanol–water partition coefficient (Wildman–Crippen LogP) is 4.35. The summed E-state index contributed by atoms with van der Waals surface area (Å²) in [5.74, 6) is -0.476. The first-order chi connectivity index (χ1) is 11.5. The molecule has 2 rings (SSSR count). The molecule has 0 saturated carbocycles. The van der Waals surface area contributed by atoms with E-state index in [1.54, 1.807) is 12.1 Å². The van der Waals surface area contributed by atoms with E-state index in [1.165, 1.54) is 6.20 Å². The Morgan fingerprint density at radius 1 is 1.25 bits per heavy atom. The minimum Gasteiger partial charge on any atom is -0.383 e. The third kappa shape index (κ3) is 4.61. The molecule has 122 valence electrons. The quantitative estimate of drug-likeness (QED) is 0.629. The molecule has 1 unspecified atom stereocenters. The van der Waals surface area contributed by atoms with Crippen molar-refractivity contribution in [1.82, 2.24) is 5.32 Å². The molecule has 0 aliphatic rings. The van der Waals surface area contributed by atoms with E-state index < -0.39 is 5.91 Å². The maximum atomic E-state index is 12.3. The van der Waals surface area contributed by atoms with E-state index in [9.17, 15) is 10.1 Å². The summed E-state index contributed by atoms with van der Waals surface area (Å²) in [6.07, 6.45) is 1.44. The second kappa shape index (κ2) is 8.19. The Kier molecular flexibility index (Phi) is 6.00. The van der Waals surface area contributed by atoms with Gasteiger partial charge in [0.15, 0.2) is 0 Å². The lowest BCUT2D eigenvalue weighted by Gasteiger charge is -2.13. The molecule has 4 nitrogen and oxygen atoms in total. The standard InChI is InChI=1S/C19H18ClN3O/c1-13-8-9-17(20)10-18(13)23-19(24)16(11-21)12-22-14(2)15-6-4-3-5-7-15/h3-10,12,14,22H,1-2H3,(H,23,24)/b16-12-. The molecule has 0 heterocycles. The molecule has 5 heteroatoms. The summed E-state index contributed by atoms with van der Waals surface area (Å²) in [7, 11) is 0. The normalized spacial score (nSPS) is 12.2. The number of hydrogen-bond donors (Lipinski definition) is 2. The number of aryl methyl sites for hydroxylation is 1. The van der Waals surface area contributed by atoms with Crippen LogP contribution in [0.4, 0.5) is 5.69 Å². The Hall–Kier alpha value is -2.77. The van der Waals surface area contributed by atoms with Gasteiger partial charge in [0, 0.05) is 23.0 Å². The van der Waals surface area contributed by atoms with Crippen molar-refractivity contribution < 1.29 is 4.79 Å². The number of anilines is 1. The van der Waals surface area contributed by atoms with E-state index in [0.29, 0.717) is 10.7 Å². The van der Waals surface area contributed by atoms with Crippen LogP contribution >= 0.6 is 11.6 Å². The predicted molar refractivity (Wildman–Crippen MR) is 96.5 cm³/mol. The minimum atomic E-state index is -0.476. The fourth-order valence-electron chi connectivity index (χ4n) is 2.11. The number of nitrogens with one attached hydrogen (secondary N) is 2. The molecule has 2 aromatic carbocycles. The number of nitrogens with zero attached hydrogens (tertiary/aromatic N) is 1. The molecular weight excluding hydrogens is 322 g/mol. The summed E-state index contributed by atoms with van der Waals surface area (Å²) in [6, 6.07) is 16.9. The molecule has 1 amide bonds. The lowest BCUT2D eigenvalue weighted by atomic mass is 10.1. The highest BCUT2D eigenvalue weighted by Crippen LogP contribution is 2.20. The van der Waals surface area contributed by atoms with Gasteiger partial charge < -0.3 is 10.6 Å². The van der Waals surface area contributed by atoms with E-state index in [2.05, 4.69) is 10.6 Å². The maximum absolute atomic E-state index is 12.3. The summed E-state index contributed by atoms with van der Waals surface area (Å²) >= 11 is 5.94. The van der Waals surface area contributed by atoms with Crippen LogP contribution in [-0.2, 0) is 4.79 Å². The largest absolute Gasteiger partial charge is 0.383 e. The molecule has 0 aliphatic carbocycles. The summed E-state index contributed by atoms with van der Waals surface area (Å²) in [4.78, 5) is 12.3. The summed E-state index contributed by atoms with van der Waals surface area (Å²) in [5, 5.41) is 15.5. The molecular formula is C19H18ClN3O. The first-order valence-corrected chi connectivity index (χ1v) is 7.88. The van der Waals surface area contributed by atoms with Gasteiger partial charge in [0.2, 0.25) is 0 Å². The molecule has 2 N–H and O–H groups in total. The van der Waals surface area contributed by atoms with Gasteiger partial charge in [-0.1, -0.05) is 48.0 Å². The van der Waals surface area contributed by atoms with Crippen LogP contribution in [0.1, 0.15) is 24.1 Å². The number of nitriles is 1. The second-order valence-corrected chi connectivity index (χ2v) is 5.82. The highest BCUT2D eigenvalue weighted by Gasteiger charge is 2.12. The van der Waals surface area contributed by atoms with Gasteiger partial charge in [-0.05, 0) is 37.1 Å². The second-order valence-electron chi connectivity index (χ2n) is 5.38. The van der Waals surface area contributed by atoms with Crippen molar-refractivity contribution >= 4 is 23.2 Å².